The van der Waals surface area contributed by atoms with Crippen molar-refractivity contribution in [2.75, 3.05) is 26.2 Å². The van der Waals surface area contributed by atoms with E-state index in [0.717, 1.165) is 32.5 Å². The Bertz CT molecular complexity index is 858. The average molecular weight is 406 g/mol. The minimum Gasteiger partial charge on any atom is -0.353 e. The molecule has 30 heavy (non-hydrogen) atoms. The summed E-state index contributed by atoms with van der Waals surface area (Å²) < 4.78 is 0. The van der Waals surface area contributed by atoms with Crippen LogP contribution in [-0.2, 0) is 16.1 Å². The van der Waals surface area contributed by atoms with Crippen molar-refractivity contribution in [3.05, 3.63) is 71.3 Å². The van der Waals surface area contributed by atoms with Gasteiger partial charge in [0.15, 0.2) is 0 Å². The molecule has 0 bridgehead atoms. The Hall–Kier alpha value is -2.66. The first-order valence-electron chi connectivity index (χ1n) is 11.0. The van der Waals surface area contributed by atoms with Crippen molar-refractivity contribution in [3.63, 3.8) is 0 Å². The van der Waals surface area contributed by atoms with E-state index in [1.807, 2.05) is 11.0 Å². The molecule has 4 rings (SSSR count). The van der Waals surface area contributed by atoms with Crippen LogP contribution in [0.25, 0.3) is 0 Å². The van der Waals surface area contributed by atoms with Crippen molar-refractivity contribution in [3.8, 4) is 0 Å². The molecule has 5 nitrogen and oxygen atoms in total. The summed E-state index contributed by atoms with van der Waals surface area (Å²) in [6, 6.07) is 18.6. The van der Waals surface area contributed by atoms with Gasteiger partial charge in [-0.05, 0) is 36.8 Å². The molecule has 158 valence electrons. The number of benzene rings is 2. The van der Waals surface area contributed by atoms with Crippen LogP contribution in [-0.4, -0.2) is 53.8 Å². The van der Waals surface area contributed by atoms with E-state index in [1.54, 1.807) is 0 Å². The second kappa shape index (κ2) is 9.43. The molecule has 2 aliphatic rings. The first-order valence-corrected chi connectivity index (χ1v) is 11.0. The zero-order chi connectivity index (χ0) is 20.9. The van der Waals surface area contributed by atoms with Crippen molar-refractivity contribution < 1.29 is 9.59 Å². The van der Waals surface area contributed by atoms with E-state index in [4.69, 9.17) is 0 Å². The highest BCUT2D eigenvalue weighted by atomic mass is 16.2. The zero-order valence-electron chi connectivity index (χ0n) is 17.7. The molecule has 0 saturated carbocycles. The van der Waals surface area contributed by atoms with E-state index < -0.39 is 0 Å². The van der Waals surface area contributed by atoms with Crippen molar-refractivity contribution in [1.29, 1.82) is 0 Å². The highest BCUT2D eigenvalue weighted by Gasteiger charge is 2.34. The summed E-state index contributed by atoms with van der Waals surface area (Å²) in [5, 5.41) is 2.94. The Balaban J connectivity index is 1.35. The van der Waals surface area contributed by atoms with Crippen LogP contribution in [0.2, 0.25) is 0 Å². The SMILES string of the molecule is Cc1ccc(CN2CCNC(=O)C2CC(=O)N2CCC(c3ccccc3)CC2)cc1. The summed E-state index contributed by atoms with van der Waals surface area (Å²) in [6.45, 7) is 5.71. The maximum Gasteiger partial charge on any atom is 0.237 e. The molecule has 2 fully saturated rings. The number of nitrogens with zero attached hydrogens (tertiary/aromatic N) is 2. The topological polar surface area (TPSA) is 52.7 Å². The molecule has 2 aromatic rings. The number of carbonyl (C=O) groups excluding carboxylic acids is 2. The lowest BCUT2D eigenvalue weighted by Gasteiger charge is -2.37. The number of nitrogens with one attached hydrogen (secondary N) is 1. The summed E-state index contributed by atoms with van der Waals surface area (Å²) in [4.78, 5) is 29.7. The molecule has 0 aromatic heterocycles. The van der Waals surface area contributed by atoms with Crippen LogP contribution < -0.4 is 5.32 Å². The molecule has 1 N–H and O–H groups in total. The van der Waals surface area contributed by atoms with Gasteiger partial charge in [0.05, 0.1) is 12.5 Å². The predicted molar refractivity (Wildman–Crippen MR) is 118 cm³/mol. The van der Waals surface area contributed by atoms with E-state index in [2.05, 4.69) is 65.7 Å². The van der Waals surface area contributed by atoms with Gasteiger partial charge in [-0.1, -0.05) is 60.2 Å². The van der Waals surface area contributed by atoms with Gasteiger partial charge in [-0.25, -0.2) is 0 Å². The first-order chi connectivity index (χ1) is 14.6. The van der Waals surface area contributed by atoms with Gasteiger partial charge in [0.2, 0.25) is 11.8 Å². The second-order valence-corrected chi connectivity index (χ2v) is 8.53. The van der Waals surface area contributed by atoms with E-state index in [-0.39, 0.29) is 24.3 Å². The van der Waals surface area contributed by atoms with Gasteiger partial charge in [0.1, 0.15) is 0 Å². The quantitative estimate of drug-likeness (QED) is 0.832. The predicted octanol–water partition coefficient (Wildman–Crippen LogP) is 3.09. The molecule has 1 unspecified atom stereocenters. The van der Waals surface area contributed by atoms with Crippen molar-refractivity contribution >= 4 is 11.8 Å². The number of hydrogen-bond donors (Lipinski definition) is 1. The maximum absolute atomic E-state index is 13.0. The standard InChI is InChI=1S/C25H31N3O2/c1-19-7-9-20(10-8-19)18-28-16-13-26-25(30)23(28)17-24(29)27-14-11-22(12-15-27)21-5-3-2-4-6-21/h2-10,22-23H,11-18H2,1H3,(H,26,30). The van der Waals surface area contributed by atoms with Crippen molar-refractivity contribution in [2.45, 2.75) is 44.7 Å². The number of likely N-dealkylation sites (tertiary alicyclic amines) is 1. The summed E-state index contributed by atoms with van der Waals surface area (Å²) in [5.74, 6) is 0.588. The number of hydrogen-bond acceptors (Lipinski definition) is 3. The fraction of sp³-hybridized carbons (Fsp3) is 0.440. The lowest BCUT2D eigenvalue weighted by molar-refractivity contribution is -0.139. The zero-order valence-corrected chi connectivity index (χ0v) is 17.7. The number of aryl methyl sites for hydroxylation is 1. The number of piperazine rings is 1. The highest BCUT2D eigenvalue weighted by molar-refractivity contribution is 5.88. The van der Waals surface area contributed by atoms with Gasteiger partial charge in [-0.15, -0.1) is 0 Å². The van der Waals surface area contributed by atoms with Gasteiger partial charge >= 0.3 is 0 Å². The molecule has 0 spiro atoms. The first kappa shape index (κ1) is 20.6. The lowest BCUT2D eigenvalue weighted by Crippen LogP contribution is -2.56. The molecule has 2 heterocycles. The molecule has 1 atom stereocenters. The molecular formula is C25H31N3O2. The fourth-order valence-corrected chi connectivity index (χ4v) is 4.58. The Labute approximate surface area is 179 Å². The monoisotopic (exact) mass is 405 g/mol. The van der Waals surface area contributed by atoms with Gasteiger partial charge in [-0.2, -0.15) is 0 Å². The van der Waals surface area contributed by atoms with Crippen LogP contribution >= 0.6 is 0 Å². The Morgan fingerprint density at radius 3 is 2.40 bits per heavy atom. The van der Waals surface area contributed by atoms with Crippen LogP contribution in [0.4, 0.5) is 0 Å². The van der Waals surface area contributed by atoms with Gasteiger partial charge < -0.3 is 10.2 Å². The molecule has 2 aromatic carbocycles. The lowest BCUT2D eigenvalue weighted by atomic mass is 9.89. The van der Waals surface area contributed by atoms with E-state index in [0.29, 0.717) is 19.0 Å². The normalized spacial score (nSPS) is 20.8. The minimum absolute atomic E-state index is 0.0270. The van der Waals surface area contributed by atoms with Crippen LogP contribution in [0.3, 0.4) is 0 Å². The molecule has 0 aliphatic carbocycles. The van der Waals surface area contributed by atoms with Crippen molar-refractivity contribution in [2.24, 2.45) is 0 Å². The molecule has 5 heteroatoms. The third kappa shape index (κ3) is 4.90. The number of rotatable bonds is 5. The van der Waals surface area contributed by atoms with Gasteiger partial charge in [0, 0.05) is 32.7 Å². The molecule has 2 saturated heterocycles. The summed E-state index contributed by atoms with van der Waals surface area (Å²) in [7, 11) is 0. The molecule has 2 aliphatic heterocycles. The molecule has 0 radical (unpaired) electrons. The summed E-state index contributed by atoms with van der Waals surface area (Å²) in [6.07, 6.45) is 2.23. The van der Waals surface area contributed by atoms with Gasteiger partial charge in [0.25, 0.3) is 0 Å². The molecular weight excluding hydrogens is 374 g/mol. The maximum atomic E-state index is 13.0. The summed E-state index contributed by atoms with van der Waals surface area (Å²) >= 11 is 0. The van der Waals surface area contributed by atoms with Crippen LogP contribution in [0, 0.1) is 6.92 Å². The minimum atomic E-state index is -0.389. The third-order valence-electron chi connectivity index (χ3n) is 6.43. The smallest absolute Gasteiger partial charge is 0.237 e. The van der Waals surface area contributed by atoms with E-state index in [1.165, 1.54) is 16.7 Å². The highest BCUT2D eigenvalue weighted by Crippen LogP contribution is 2.28. The van der Waals surface area contributed by atoms with E-state index >= 15 is 0 Å². The Morgan fingerprint density at radius 2 is 1.70 bits per heavy atom. The Kier molecular flexibility index (Phi) is 6.48. The molecule has 2 amide bonds. The van der Waals surface area contributed by atoms with E-state index in [9.17, 15) is 9.59 Å². The van der Waals surface area contributed by atoms with Crippen LogP contribution in [0.1, 0.15) is 41.9 Å². The van der Waals surface area contributed by atoms with Crippen molar-refractivity contribution in [1.82, 2.24) is 15.1 Å². The third-order valence-corrected chi connectivity index (χ3v) is 6.43. The van der Waals surface area contributed by atoms with Crippen LogP contribution in [0.5, 0.6) is 0 Å². The van der Waals surface area contributed by atoms with Gasteiger partial charge in [-0.3, -0.25) is 14.5 Å². The fourth-order valence-electron chi connectivity index (χ4n) is 4.58. The Morgan fingerprint density at radius 1 is 1.00 bits per heavy atom. The van der Waals surface area contributed by atoms with Crippen LogP contribution in [0.15, 0.2) is 54.6 Å². The summed E-state index contributed by atoms with van der Waals surface area (Å²) in [5.41, 5.74) is 3.76. The number of carbonyl (C=O) groups is 2. The second-order valence-electron chi connectivity index (χ2n) is 8.53. The number of amides is 2. The average Bonchev–Trinajstić information content (AvgIpc) is 2.78. The largest absolute Gasteiger partial charge is 0.353 e. The number of piperidine rings is 1.